The lowest BCUT2D eigenvalue weighted by molar-refractivity contribution is -0.166. The first-order valence-electron chi connectivity index (χ1n) is 24.6. The van der Waals surface area contributed by atoms with Crippen molar-refractivity contribution in [3.63, 3.8) is 0 Å². The van der Waals surface area contributed by atoms with Crippen LogP contribution in [-0.4, -0.2) is 37.2 Å². The Hall–Kier alpha value is -2.63. The van der Waals surface area contributed by atoms with E-state index in [4.69, 9.17) is 14.2 Å². The van der Waals surface area contributed by atoms with E-state index in [0.29, 0.717) is 12.8 Å². The second-order valence-electron chi connectivity index (χ2n) is 16.4. The number of allylic oxidation sites excluding steroid dienone is 7. The highest BCUT2D eigenvalue weighted by Crippen LogP contribution is 2.15. The lowest BCUT2D eigenvalue weighted by Crippen LogP contribution is -2.30. The maximum atomic E-state index is 12.7. The zero-order valence-corrected chi connectivity index (χ0v) is 38.3. The molecule has 6 heteroatoms. The molecule has 0 N–H and O–H groups in total. The SMILES string of the molecule is CC/C=C\C/C=C\C/C=C\CC(=O)OCC(COC(=O)CCCCCCCCC/C=C\CCCCCCCCCC)OC(=O)CCCCCCCCCCCCCC. The summed E-state index contributed by atoms with van der Waals surface area (Å²) in [5.74, 6) is -1.03. The number of hydrogen-bond donors (Lipinski definition) is 0. The van der Waals surface area contributed by atoms with Crippen molar-refractivity contribution in [2.45, 2.75) is 252 Å². The van der Waals surface area contributed by atoms with Crippen molar-refractivity contribution in [2.75, 3.05) is 13.2 Å². The summed E-state index contributed by atoms with van der Waals surface area (Å²) >= 11 is 0. The summed E-state index contributed by atoms with van der Waals surface area (Å²) in [5, 5.41) is 0. The van der Waals surface area contributed by atoms with E-state index in [2.05, 4.69) is 57.2 Å². The molecule has 0 aliphatic carbocycles. The molecule has 0 aromatic heterocycles. The van der Waals surface area contributed by atoms with Crippen molar-refractivity contribution in [3.05, 3.63) is 48.6 Å². The highest BCUT2D eigenvalue weighted by molar-refractivity contribution is 5.72. The van der Waals surface area contributed by atoms with Crippen LogP contribution in [0.15, 0.2) is 48.6 Å². The van der Waals surface area contributed by atoms with Gasteiger partial charge in [0, 0.05) is 12.8 Å². The Morgan fingerprint density at radius 2 is 0.741 bits per heavy atom. The Balaban J connectivity index is 4.32. The summed E-state index contributed by atoms with van der Waals surface area (Å²) in [7, 11) is 0. The zero-order chi connectivity index (χ0) is 42.3. The monoisotopic (exact) mass is 813 g/mol. The number of carbonyl (C=O) groups is 3. The van der Waals surface area contributed by atoms with Gasteiger partial charge in [-0.15, -0.1) is 0 Å². The van der Waals surface area contributed by atoms with Gasteiger partial charge in [0.2, 0.25) is 0 Å². The molecule has 0 aromatic rings. The molecule has 0 fully saturated rings. The van der Waals surface area contributed by atoms with Crippen LogP contribution in [-0.2, 0) is 28.6 Å². The molecule has 0 radical (unpaired) electrons. The van der Waals surface area contributed by atoms with Gasteiger partial charge in [-0.2, -0.15) is 0 Å². The van der Waals surface area contributed by atoms with Gasteiger partial charge in [-0.25, -0.2) is 0 Å². The highest BCUT2D eigenvalue weighted by atomic mass is 16.6. The molecule has 0 spiro atoms. The Kier molecular flexibility index (Phi) is 44.9. The number of rotatable bonds is 44. The molecule has 0 heterocycles. The van der Waals surface area contributed by atoms with Gasteiger partial charge >= 0.3 is 17.9 Å². The minimum atomic E-state index is -0.805. The molecule has 0 aromatic carbocycles. The predicted octanol–water partition coefficient (Wildman–Crippen LogP) is 15.9. The van der Waals surface area contributed by atoms with Crippen LogP contribution in [0.25, 0.3) is 0 Å². The largest absolute Gasteiger partial charge is 0.462 e. The topological polar surface area (TPSA) is 78.9 Å². The van der Waals surface area contributed by atoms with E-state index in [1.807, 2.05) is 6.08 Å². The maximum Gasteiger partial charge on any atom is 0.309 e. The summed E-state index contributed by atoms with van der Waals surface area (Å²) in [6, 6.07) is 0. The van der Waals surface area contributed by atoms with Crippen LogP contribution in [0.3, 0.4) is 0 Å². The second kappa shape index (κ2) is 47.1. The van der Waals surface area contributed by atoms with Crippen LogP contribution in [0, 0.1) is 0 Å². The lowest BCUT2D eigenvalue weighted by atomic mass is 10.0. The normalized spacial score (nSPS) is 12.4. The molecular weight excluding hydrogens is 721 g/mol. The molecule has 1 atom stereocenters. The van der Waals surface area contributed by atoms with Crippen LogP contribution < -0.4 is 0 Å². The van der Waals surface area contributed by atoms with Crippen molar-refractivity contribution in [2.24, 2.45) is 0 Å². The molecule has 336 valence electrons. The second-order valence-corrected chi connectivity index (χ2v) is 16.4. The molecule has 0 amide bonds. The fourth-order valence-electron chi connectivity index (χ4n) is 6.91. The molecule has 0 bridgehead atoms. The smallest absolute Gasteiger partial charge is 0.309 e. The van der Waals surface area contributed by atoms with Crippen molar-refractivity contribution in [3.8, 4) is 0 Å². The van der Waals surface area contributed by atoms with Crippen molar-refractivity contribution in [1.82, 2.24) is 0 Å². The molecule has 0 aliphatic rings. The molecule has 6 nitrogen and oxygen atoms in total. The van der Waals surface area contributed by atoms with Crippen LogP contribution in [0.2, 0.25) is 0 Å². The van der Waals surface area contributed by atoms with E-state index in [9.17, 15) is 14.4 Å². The summed E-state index contributed by atoms with van der Waals surface area (Å²) in [4.78, 5) is 37.7. The first kappa shape index (κ1) is 55.4. The Bertz CT molecular complexity index is 1030. The summed E-state index contributed by atoms with van der Waals surface area (Å²) in [6.45, 7) is 6.42. The average molecular weight is 813 g/mol. The van der Waals surface area contributed by atoms with Gasteiger partial charge in [-0.3, -0.25) is 14.4 Å². The molecule has 1 unspecified atom stereocenters. The van der Waals surface area contributed by atoms with E-state index in [-0.39, 0.29) is 31.6 Å². The Labute approximate surface area is 358 Å². The molecular formula is C52H92O6. The zero-order valence-electron chi connectivity index (χ0n) is 38.3. The Morgan fingerprint density at radius 1 is 0.379 bits per heavy atom. The van der Waals surface area contributed by atoms with Gasteiger partial charge in [0.25, 0.3) is 0 Å². The first-order chi connectivity index (χ1) is 28.5. The van der Waals surface area contributed by atoms with Gasteiger partial charge in [0.05, 0.1) is 6.42 Å². The number of hydrogen-bond acceptors (Lipinski definition) is 6. The molecule has 0 saturated heterocycles. The van der Waals surface area contributed by atoms with E-state index < -0.39 is 12.1 Å². The number of esters is 3. The fraction of sp³-hybridized carbons (Fsp3) is 0.788. The minimum absolute atomic E-state index is 0.100. The standard InChI is InChI=1S/C52H92O6/c1-4-7-10-13-16-19-21-23-24-25-26-27-28-29-31-33-36-39-42-45-51(54)57-48-49(47-56-50(53)44-41-38-35-32-18-15-12-9-6-3)58-52(55)46-43-40-37-34-30-22-20-17-14-11-8-5-2/h9,12,18,25-26,32,38,41,49H,4-8,10-11,13-17,19-24,27-31,33-37,39-40,42-48H2,1-3H3/b12-9-,26-25-,32-18-,41-38-. The van der Waals surface area contributed by atoms with Gasteiger partial charge in [0.1, 0.15) is 13.2 Å². The molecule has 0 rings (SSSR count). The third-order valence-electron chi connectivity index (χ3n) is 10.6. The Morgan fingerprint density at radius 3 is 1.19 bits per heavy atom. The van der Waals surface area contributed by atoms with Crippen molar-refractivity contribution >= 4 is 17.9 Å². The average Bonchev–Trinajstić information content (AvgIpc) is 3.22. The number of carbonyl (C=O) groups excluding carboxylic acids is 3. The van der Waals surface area contributed by atoms with Crippen LogP contribution >= 0.6 is 0 Å². The quantitative estimate of drug-likeness (QED) is 0.0264. The van der Waals surface area contributed by atoms with Gasteiger partial charge in [-0.1, -0.05) is 217 Å². The predicted molar refractivity (Wildman–Crippen MR) is 247 cm³/mol. The first-order valence-corrected chi connectivity index (χ1v) is 24.6. The highest BCUT2D eigenvalue weighted by Gasteiger charge is 2.19. The van der Waals surface area contributed by atoms with E-state index in [1.54, 1.807) is 6.08 Å². The van der Waals surface area contributed by atoms with Gasteiger partial charge in [0.15, 0.2) is 6.10 Å². The number of unbranched alkanes of at least 4 members (excludes halogenated alkanes) is 26. The lowest BCUT2D eigenvalue weighted by Gasteiger charge is -2.18. The fourth-order valence-corrected chi connectivity index (χ4v) is 6.91. The van der Waals surface area contributed by atoms with Crippen molar-refractivity contribution < 1.29 is 28.6 Å². The molecule has 0 aliphatic heterocycles. The van der Waals surface area contributed by atoms with Crippen LogP contribution in [0.5, 0.6) is 0 Å². The molecule has 0 saturated carbocycles. The van der Waals surface area contributed by atoms with E-state index in [0.717, 1.165) is 57.8 Å². The van der Waals surface area contributed by atoms with Crippen LogP contribution in [0.4, 0.5) is 0 Å². The van der Waals surface area contributed by atoms with Gasteiger partial charge < -0.3 is 14.2 Å². The van der Waals surface area contributed by atoms with Gasteiger partial charge in [-0.05, 0) is 57.8 Å². The molecule has 58 heavy (non-hydrogen) atoms. The number of ether oxygens (including phenoxy) is 3. The van der Waals surface area contributed by atoms with E-state index >= 15 is 0 Å². The van der Waals surface area contributed by atoms with Crippen LogP contribution in [0.1, 0.15) is 245 Å². The maximum absolute atomic E-state index is 12.7. The summed E-state index contributed by atoms with van der Waals surface area (Å²) < 4.78 is 16.6. The third-order valence-corrected chi connectivity index (χ3v) is 10.6. The minimum Gasteiger partial charge on any atom is -0.462 e. The van der Waals surface area contributed by atoms with E-state index in [1.165, 1.54) is 148 Å². The summed E-state index contributed by atoms with van der Waals surface area (Å²) in [5.41, 5.74) is 0. The van der Waals surface area contributed by atoms with Crippen molar-refractivity contribution in [1.29, 1.82) is 0 Å². The summed E-state index contributed by atoms with van der Waals surface area (Å²) in [6.07, 6.45) is 55.6. The third kappa shape index (κ3) is 44.5.